The lowest BCUT2D eigenvalue weighted by atomic mass is 9.74. The Morgan fingerprint density at radius 3 is 2.85 bits per heavy atom. The molecule has 2 aliphatic rings. The van der Waals surface area contributed by atoms with Crippen molar-refractivity contribution in [2.45, 2.75) is 31.7 Å². The van der Waals surface area contributed by atoms with E-state index in [2.05, 4.69) is 25.6 Å². The van der Waals surface area contributed by atoms with Gasteiger partial charge in [-0.3, -0.25) is 9.78 Å². The van der Waals surface area contributed by atoms with Gasteiger partial charge >= 0.3 is 0 Å². The minimum Gasteiger partial charge on any atom is -0.481 e. The van der Waals surface area contributed by atoms with E-state index in [0.29, 0.717) is 39.4 Å². The fraction of sp³-hybridized carbons (Fsp3) is 0.240. The number of fused-ring (bicyclic) bond motifs is 4. The predicted molar refractivity (Wildman–Crippen MR) is 124 cm³/mol. The fourth-order valence-corrected chi connectivity index (χ4v) is 4.82. The van der Waals surface area contributed by atoms with Gasteiger partial charge in [0.05, 0.1) is 29.6 Å². The number of halogens is 1. The third kappa shape index (κ3) is 2.97. The molecule has 3 N–H and O–H groups in total. The van der Waals surface area contributed by atoms with Crippen LogP contribution in [-0.4, -0.2) is 34.0 Å². The van der Waals surface area contributed by atoms with Crippen molar-refractivity contribution in [2.24, 2.45) is 0 Å². The van der Waals surface area contributed by atoms with Gasteiger partial charge in [-0.1, -0.05) is 6.07 Å². The largest absolute Gasteiger partial charge is 0.481 e. The number of aromatic nitrogens is 3. The Hall–Kier alpha value is -3.94. The molecule has 1 amide bonds. The van der Waals surface area contributed by atoms with Crippen LogP contribution in [-0.2, 0) is 0 Å². The van der Waals surface area contributed by atoms with Crippen molar-refractivity contribution < 1.29 is 13.9 Å². The second-order valence-corrected chi connectivity index (χ2v) is 8.54. The molecule has 7 nitrogen and oxygen atoms in total. The summed E-state index contributed by atoms with van der Waals surface area (Å²) in [5, 5.41) is 6.48. The molecule has 166 valence electrons. The normalized spacial score (nSPS) is 18.8. The SMILES string of the molecule is COc1ccc2nccc(-c3[nH]c4c(c3Nc3cccc(F)c3C)C(=O)NC3CCC43)c2n1. The molecule has 2 unspecified atom stereocenters. The molecule has 1 aliphatic carbocycles. The van der Waals surface area contributed by atoms with Crippen LogP contribution in [0.5, 0.6) is 5.88 Å². The van der Waals surface area contributed by atoms with Gasteiger partial charge in [0.15, 0.2) is 0 Å². The number of aromatic amines is 1. The number of hydrogen-bond acceptors (Lipinski definition) is 5. The molecule has 6 rings (SSSR count). The maximum absolute atomic E-state index is 14.3. The van der Waals surface area contributed by atoms with Crippen LogP contribution in [0.4, 0.5) is 15.8 Å². The number of carbonyl (C=O) groups is 1. The molecule has 0 saturated heterocycles. The van der Waals surface area contributed by atoms with Crippen LogP contribution in [0.1, 0.15) is 40.4 Å². The molecule has 1 aliphatic heterocycles. The van der Waals surface area contributed by atoms with Crippen LogP contribution in [0.2, 0.25) is 0 Å². The molecule has 0 bridgehead atoms. The van der Waals surface area contributed by atoms with Gasteiger partial charge in [0.2, 0.25) is 5.88 Å². The van der Waals surface area contributed by atoms with Crippen molar-refractivity contribution in [3.8, 4) is 17.1 Å². The molecular formula is C25H22FN5O2. The highest BCUT2D eigenvalue weighted by atomic mass is 19.1. The highest BCUT2D eigenvalue weighted by Crippen LogP contribution is 2.47. The number of ether oxygens (including phenoxy) is 1. The van der Waals surface area contributed by atoms with E-state index in [4.69, 9.17) is 4.74 Å². The first-order chi connectivity index (χ1) is 16.0. The van der Waals surface area contributed by atoms with Gasteiger partial charge in [-0.15, -0.1) is 0 Å². The monoisotopic (exact) mass is 443 g/mol. The van der Waals surface area contributed by atoms with Gasteiger partial charge in [0, 0.05) is 46.7 Å². The van der Waals surface area contributed by atoms with Crippen molar-refractivity contribution >= 4 is 28.3 Å². The average Bonchev–Trinajstić information content (AvgIpc) is 3.16. The van der Waals surface area contributed by atoms with Crippen molar-refractivity contribution in [1.82, 2.24) is 20.3 Å². The van der Waals surface area contributed by atoms with E-state index in [1.165, 1.54) is 6.07 Å². The van der Waals surface area contributed by atoms with E-state index in [9.17, 15) is 9.18 Å². The highest BCUT2D eigenvalue weighted by molar-refractivity contribution is 6.08. The summed E-state index contributed by atoms with van der Waals surface area (Å²) >= 11 is 0. The first-order valence-corrected chi connectivity index (χ1v) is 10.9. The lowest BCUT2D eigenvalue weighted by molar-refractivity contribution is 0.0878. The molecule has 33 heavy (non-hydrogen) atoms. The summed E-state index contributed by atoms with van der Waals surface area (Å²) in [6.45, 7) is 1.72. The molecule has 0 radical (unpaired) electrons. The highest BCUT2D eigenvalue weighted by Gasteiger charge is 2.43. The first-order valence-electron chi connectivity index (χ1n) is 10.9. The van der Waals surface area contributed by atoms with Crippen molar-refractivity contribution in [1.29, 1.82) is 0 Å². The molecule has 4 aromatic rings. The number of nitrogens with one attached hydrogen (secondary N) is 3. The molecule has 1 aromatic carbocycles. The van der Waals surface area contributed by atoms with Crippen LogP contribution in [0, 0.1) is 12.7 Å². The molecule has 3 aromatic heterocycles. The number of anilines is 2. The molecule has 4 heterocycles. The number of methoxy groups -OCH3 is 1. The molecule has 1 fully saturated rings. The summed E-state index contributed by atoms with van der Waals surface area (Å²) in [5.74, 6) is 0.265. The Morgan fingerprint density at radius 1 is 1.18 bits per heavy atom. The Morgan fingerprint density at radius 2 is 2.06 bits per heavy atom. The average molecular weight is 443 g/mol. The smallest absolute Gasteiger partial charge is 0.255 e. The lowest BCUT2D eigenvalue weighted by Crippen LogP contribution is -2.49. The maximum Gasteiger partial charge on any atom is 0.255 e. The number of benzene rings is 1. The Balaban J connectivity index is 1.61. The Kier molecular flexibility index (Phi) is 4.36. The fourth-order valence-electron chi connectivity index (χ4n) is 4.82. The summed E-state index contributed by atoms with van der Waals surface area (Å²) < 4.78 is 19.6. The molecule has 0 spiro atoms. The standard InChI is InChI=1S/C25H22FN5O2/c1-12-15(26)4-3-5-16(12)28-24-20-22(13-6-7-17(13)29-25(20)32)31-23(24)14-10-11-27-18-8-9-19(33-2)30-21(14)18/h3-5,8-11,13,17,28,31H,6-7H2,1-2H3,(H,29,32). The van der Waals surface area contributed by atoms with Gasteiger partial charge in [-0.2, -0.15) is 0 Å². The molecule has 8 heteroatoms. The van der Waals surface area contributed by atoms with Crippen molar-refractivity contribution in [2.75, 3.05) is 12.4 Å². The van der Waals surface area contributed by atoms with Gasteiger partial charge in [0.25, 0.3) is 5.91 Å². The van der Waals surface area contributed by atoms with Gasteiger partial charge in [-0.05, 0) is 44.0 Å². The number of H-pyrrole nitrogens is 1. The van der Waals surface area contributed by atoms with E-state index in [1.54, 1.807) is 38.4 Å². The molecule has 2 atom stereocenters. The number of nitrogens with zero attached hydrogens (tertiary/aromatic N) is 2. The maximum atomic E-state index is 14.3. The summed E-state index contributed by atoms with van der Waals surface area (Å²) in [5.41, 5.74) is 6.05. The summed E-state index contributed by atoms with van der Waals surface area (Å²) in [7, 11) is 1.57. The zero-order valence-electron chi connectivity index (χ0n) is 18.2. The number of pyridine rings is 2. The van der Waals surface area contributed by atoms with Gasteiger partial charge < -0.3 is 20.4 Å². The third-order valence-electron chi connectivity index (χ3n) is 6.78. The quantitative estimate of drug-likeness (QED) is 0.421. The summed E-state index contributed by atoms with van der Waals surface area (Å²) in [6.07, 6.45) is 3.68. The summed E-state index contributed by atoms with van der Waals surface area (Å²) in [6, 6.07) is 10.5. The zero-order chi connectivity index (χ0) is 22.7. The van der Waals surface area contributed by atoms with Crippen molar-refractivity contribution in [3.05, 3.63) is 65.2 Å². The predicted octanol–water partition coefficient (Wildman–Crippen LogP) is 4.81. The van der Waals surface area contributed by atoms with E-state index < -0.39 is 0 Å². The number of amides is 1. The number of hydrogen-bond donors (Lipinski definition) is 3. The number of carbonyl (C=O) groups excluding carboxylic acids is 1. The minimum absolute atomic E-state index is 0.131. The third-order valence-corrected chi connectivity index (χ3v) is 6.78. The zero-order valence-corrected chi connectivity index (χ0v) is 18.2. The van der Waals surface area contributed by atoms with Gasteiger partial charge in [-0.25, -0.2) is 9.37 Å². The van der Waals surface area contributed by atoms with Gasteiger partial charge in [0.1, 0.15) is 11.3 Å². The van der Waals surface area contributed by atoms with E-state index in [1.807, 2.05) is 12.1 Å². The lowest BCUT2D eigenvalue weighted by Gasteiger charge is -2.40. The molecule has 1 saturated carbocycles. The second-order valence-electron chi connectivity index (χ2n) is 8.54. The van der Waals surface area contributed by atoms with E-state index in [-0.39, 0.29) is 23.7 Å². The Bertz CT molecular complexity index is 1430. The van der Waals surface area contributed by atoms with Crippen LogP contribution in [0.3, 0.4) is 0 Å². The van der Waals surface area contributed by atoms with Crippen LogP contribution < -0.4 is 15.4 Å². The topological polar surface area (TPSA) is 91.9 Å². The second kappa shape index (κ2) is 7.30. The van der Waals surface area contributed by atoms with Crippen molar-refractivity contribution in [3.63, 3.8) is 0 Å². The first kappa shape index (κ1) is 19.7. The molecular weight excluding hydrogens is 421 g/mol. The van der Waals surface area contributed by atoms with E-state index in [0.717, 1.165) is 29.8 Å². The number of rotatable bonds is 4. The van der Waals surface area contributed by atoms with Crippen LogP contribution in [0.15, 0.2) is 42.6 Å². The van der Waals surface area contributed by atoms with Crippen LogP contribution in [0.25, 0.3) is 22.3 Å². The van der Waals surface area contributed by atoms with E-state index >= 15 is 0 Å². The van der Waals surface area contributed by atoms with Crippen LogP contribution >= 0.6 is 0 Å². The minimum atomic E-state index is -0.310. The summed E-state index contributed by atoms with van der Waals surface area (Å²) in [4.78, 5) is 25.8. The Labute approximate surface area is 189 Å².